The maximum absolute atomic E-state index is 13.1. The molecule has 6 heteroatoms. The van der Waals surface area contributed by atoms with Crippen molar-refractivity contribution in [1.29, 1.82) is 0 Å². The number of fused-ring (bicyclic) bond motifs is 3. The highest BCUT2D eigenvalue weighted by Gasteiger charge is 2.53. The fraction of sp³-hybridized carbons (Fsp3) is 0.412. The Morgan fingerprint density at radius 3 is 2.91 bits per heavy atom. The zero-order chi connectivity index (χ0) is 14.7. The number of nitrogens with one attached hydrogen (secondary N) is 2. The Kier molecular flexibility index (Phi) is 3.25. The van der Waals surface area contributed by atoms with Crippen molar-refractivity contribution in [3.63, 3.8) is 0 Å². The van der Waals surface area contributed by atoms with E-state index in [1.165, 1.54) is 18.4 Å². The van der Waals surface area contributed by atoms with Crippen LogP contribution in [0.5, 0.6) is 0 Å². The average Bonchev–Trinajstić information content (AvgIpc) is 3.09. The Morgan fingerprint density at radius 1 is 1.26 bits per heavy atom. The second kappa shape index (κ2) is 5.08. The molecule has 2 N–H and O–H groups in total. The van der Waals surface area contributed by atoms with Crippen LogP contribution >= 0.6 is 12.4 Å². The summed E-state index contributed by atoms with van der Waals surface area (Å²) in [6.45, 7) is 2.48. The van der Waals surface area contributed by atoms with Crippen molar-refractivity contribution < 1.29 is 4.79 Å². The zero-order valence-electron chi connectivity index (χ0n) is 12.8. The van der Waals surface area contributed by atoms with E-state index in [9.17, 15) is 4.79 Å². The Hall–Kier alpha value is -1.85. The van der Waals surface area contributed by atoms with Gasteiger partial charge in [-0.25, -0.2) is 0 Å². The number of H-pyrrole nitrogens is 1. The molecule has 0 bridgehead atoms. The van der Waals surface area contributed by atoms with Gasteiger partial charge in [0, 0.05) is 48.4 Å². The Labute approximate surface area is 140 Å². The first kappa shape index (κ1) is 14.7. The number of hydrogen-bond donors (Lipinski definition) is 2. The summed E-state index contributed by atoms with van der Waals surface area (Å²) in [5, 5.41) is 10.7. The number of nitrogens with zero attached hydrogens (tertiary/aromatic N) is 2. The summed E-state index contributed by atoms with van der Waals surface area (Å²) in [4.78, 5) is 15.0. The molecule has 5 rings (SSSR count). The summed E-state index contributed by atoms with van der Waals surface area (Å²) in [6, 6.07) is 8.34. The average molecular weight is 331 g/mol. The number of aromatic amines is 1. The first-order valence-corrected chi connectivity index (χ1v) is 7.97. The quantitative estimate of drug-likeness (QED) is 0.842. The molecule has 120 valence electrons. The van der Waals surface area contributed by atoms with E-state index in [1.54, 1.807) is 0 Å². The molecule has 0 radical (unpaired) electrons. The smallest absolute Gasteiger partial charge is 0.279 e. The van der Waals surface area contributed by atoms with Crippen LogP contribution in [-0.2, 0) is 18.4 Å². The summed E-state index contributed by atoms with van der Waals surface area (Å²) < 4.78 is 0. The van der Waals surface area contributed by atoms with Crippen molar-refractivity contribution >= 4 is 24.0 Å². The minimum atomic E-state index is 0. The van der Waals surface area contributed by atoms with E-state index in [0.29, 0.717) is 5.69 Å². The Morgan fingerprint density at radius 2 is 2.09 bits per heavy atom. The maximum Gasteiger partial charge on any atom is 0.279 e. The molecule has 1 saturated carbocycles. The van der Waals surface area contributed by atoms with Crippen LogP contribution in [0.2, 0.25) is 0 Å². The topological polar surface area (TPSA) is 61.0 Å². The normalized spacial score (nSPS) is 19.9. The van der Waals surface area contributed by atoms with Crippen LogP contribution in [0.15, 0.2) is 24.3 Å². The van der Waals surface area contributed by atoms with Gasteiger partial charge in [-0.2, -0.15) is 5.10 Å². The molecule has 2 aromatic rings. The molecule has 2 aliphatic heterocycles. The van der Waals surface area contributed by atoms with E-state index in [4.69, 9.17) is 0 Å². The van der Waals surface area contributed by atoms with Crippen molar-refractivity contribution in [3.05, 3.63) is 46.8 Å². The second-order valence-electron chi connectivity index (χ2n) is 6.64. The van der Waals surface area contributed by atoms with Crippen LogP contribution in [0.25, 0.3) is 0 Å². The molecule has 0 unspecified atom stereocenters. The third kappa shape index (κ3) is 2.03. The van der Waals surface area contributed by atoms with Crippen LogP contribution in [0.1, 0.15) is 40.2 Å². The molecule has 1 aromatic carbocycles. The molecule has 3 heterocycles. The van der Waals surface area contributed by atoms with Gasteiger partial charge < -0.3 is 10.2 Å². The van der Waals surface area contributed by atoms with Gasteiger partial charge in [-0.3, -0.25) is 9.89 Å². The Balaban J connectivity index is 0.00000135. The van der Waals surface area contributed by atoms with E-state index >= 15 is 0 Å². The number of halogens is 1. The lowest BCUT2D eigenvalue weighted by atomic mass is 9.99. The SMILES string of the molecule is Cl.O=C(c1n[nH]c2c1CNCC2)N1CC2(CC2)c2ccccc21. The number of amides is 1. The number of aromatic nitrogens is 2. The second-order valence-corrected chi connectivity index (χ2v) is 6.64. The number of hydrogen-bond acceptors (Lipinski definition) is 3. The van der Waals surface area contributed by atoms with Gasteiger partial charge in [0.15, 0.2) is 5.69 Å². The fourth-order valence-corrected chi connectivity index (χ4v) is 3.92. The summed E-state index contributed by atoms with van der Waals surface area (Å²) >= 11 is 0. The molecule has 1 spiro atoms. The molecule has 1 amide bonds. The fourth-order valence-electron chi connectivity index (χ4n) is 3.92. The van der Waals surface area contributed by atoms with Gasteiger partial charge in [-0.05, 0) is 24.5 Å². The van der Waals surface area contributed by atoms with E-state index in [1.807, 2.05) is 11.0 Å². The van der Waals surface area contributed by atoms with Crippen molar-refractivity contribution in [2.45, 2.75) is 31.2 Å². The Bertz CT molecular complexity index is 781. The summed E-state index contributed by atoms with van der Waals surface area (Å²) in [5.41, 5.74) is 5.38. The summed E-state index contributed by atoms with van der Waals surface area (Å²) in [6.07, 6.45) is 3.29. The number of carbonyl (C=O) groups is 1. The van der Waals surface area contributed by atoms with Crippen LogP contribution in [-0.4, -0.2) is 29.2 Å². The van der Waals surface area contributed by atoms with Crippen LogP contribution in [0, 0.1) is 0 Å². The number of anilines is 1. The van der Waals surface area contributed by atoms with Gasteiger partial charge in [0.1, 0.15) is 0 Å². The molecule has 1 aromatic heterocycles. The van der Waals surface area contributed by atoms with Gasteiger partial charge in [0.05, 0.1) is 0 Å². The van der Waals surface area contributed by atoms with Crippen molar-refractivity contribution in [1.82, 2.24) is 15.5 Å². The van der Waals surface area contributed by atoms with E-state index in [2.05, 4.69) is 33.7 Å². The van der Waals surface area contributed by atoms with Gasteiger partial charge >= 0.3 is 0 Å². The molecule has 0 atom stereocenters. The predicted octanol–water partition coefficient (Wildman–Crippen LogP) is 2.17. The molecular weight excluding hydrogens is 312 g/mol. The van der Waals surface area contributed by atoms with Crippen LogP contribution in [0.4, 0.5) is 5.69 Å². The third-order valence-corrected chi connectivity index (χ3v) is 5.33. The molecule has 23 heavy (non-hydrogen) atoms. The minimum absolute atomic E-state index is 0. The van der Waals surface area contributed by atoms with E-state index in [0.717, 1.165) is 43.0 Å². The maximum atomic E-state index is 13.1. The van der Waals surface area contributed by atoms with Gasteiger partial charge in [-0.15, -0.1) is 12.4 Å². The first-order chi connectivity index (χ1) is 10.8. The lowest BCUT2D eigenvalue weighted by Gasteiger charge is -2.18. The standard InChI is InChI=1S/C17H18N4O.ClH/c22-16(15-11-9-18-8-5-13(11)19-20-15)21-10-17(6-7-17)12-3-1-2-4-14(12)21;/h1-4,18H,5-10H2,(H,19,20);1H. The van der Waals surface area contributed by atoms with Gasteiger partial charge in [-0.1, -0.05) is 18.2 Å². The highest BCUT2D eigenvalue weighted by atomic mass is 35.5. The largest absolute Gasteiger partial charge is 0.312 e. The molecule has 5 nitrogen and oxygen atoms in total. The van der Waals surface area contributed by atoms with E-state index < -0.39 is 0 Å². The molecule has 3 aliphatic rings. The lowest BCUT2D eigenvalue weighted by molar-refractivity contribution is 0.0981. The van der Waals surface area contributed by atoms with Crippen molar-refractivity contribution in [2.75, 3.05) is 18.0 Å². The summed E-state index contributed by atoms with van der Waals surface area (Å²) in [5.74, 6) is 0.0393. The lowest BCUT2D eigenvalue weighted by Crippen LogP contribution is -2.33. The zero-order valence-corrected chi connectivity index (χ0v) is 13.6. The number of para-hydroxylation sites is 1. The molecule has 1 fully saturated rings. The van der Waals surface area contributed by atoms with Crippen LogP contribution in [0.3, 0.4) is 0 Å². The van der Waals surface area contributed by atoms with Gasteiger partial charge in [0.25, 0.3) is 5.91 Å². The third-order valence-electron chi connectivity index (χ3n) is 5.33. The highest BCUT2D eigenvalue weighted by Crippen LogP contribution is 2.56. The highest BCUT2D eigenvalue weighted by molar-refractivity contribution is 6.07. The monoisotopic (exact) mass is 330 g/mol. The molecule has 0 saturated heterocycles. The number of benzene rings is 1. The van der Waals surface area contributed by atoms with Gasteiger partial charge in [0.2, 0.25) is 0 Å². The van der Waals surface area contributed by atoms with Crippen molar-refractivity contribution in [3.8, 4) is 0 Å². The van der Waals surface area contributed by atoms with E-state index in [-0.39, 0.29) is 23.7 Å². The van der Waals surface area contributed by atoms with Crippen molar-refractivity contribution in [2.24, 2.45) is 0 Å². The first-order valence-electron chi connectivity index (χ1n) is 7.97. The van der Waals surface area contributed by atoms with Crippen LogP contribution < -0.4 is 10.2 Å². The number of carbonyl (C=O) groups excluding carboxylic acids is 1. The number of rotatable bonds is 1. The minimum Gasteiger partial charge on any atom is -0.312 e. The molecular formula is C17H19ClN4O. The predicted molar refractivity (Wildman–Crippen MR) is 90.3 cm³/mol. The molecule has 1 aliphatic carbocycles. The summed E-state index contributed by atoms with van der Waals surface area (Å²) in [7, 11) is 0.